The summed E-state index contributed by atoms with van der Waals surface area (Å²) in [4.78, 5) is 11.1. The highest BCUT2D eigenvalue weighted by atomic mass is 32.1. The number of benzene rings is 1. The highest BCUT2D eigenvalue weighted by Crippen LogP contribution is 2.18. The van der Waals surface area contributed by atoms with E-state index in [4.69, 9.17) is 0 Å². The zero-order valence-corrected chi connectivity index (χ0v) is 12.0. The summed E-state index contributed by atoms with van der Waals surface area (Å²) in [5, 5.41) is 17.2. The largest absolute Gasteiger partial charge is 0.296 e. The van der Waals surface area contributed by atoms with Crippen molar-refractivity contribution in [3.05, 3.63) is 52.3 Å². The highest BCUT2D eigenvalue weighted by Gasteiger charge is 2.14. The summed E-state index contributed by atoms with van der Waals surface area (Å²) < 4.78 is 1.52. The summed E-state index contributed by atoms with van der Waals surface area (Å²) in [7, 11) is 0. The van der Waals surface area contributed by atoms with Crippen molar-refractivity contribution in [1.29, 1.82) is 0 Å². The molecule has 3 aromatic rings. The normalized spacial score (nSPS) is 11.1. The van der Waals surface area contributed by atoms with Crippen LogP contribution in [0.1, 0.15) is 26.8 Å². The summed E-state index contributed by atoms with van der Waals surface area (Å²) in [5.41, 5.74) is 1.88. The number of hydrogen-bond acceptors (Lipinski definition) is 6. The molecule has 21 heavy (non-hydrogen) atoms. The fraction of sp³-hybridized carbons (Fsp3) is 0.0714. The van der Waals surface area contributed by atoms with Crippen molar-refractivity contribution >= 4 is 29.8 Å². The van der Waals surface area contributed by atoms with Crippen LogP contribution in [0, 0.1) is 6.92 Å². The molecule has 0 spiro atoms. The van der Waals surface area contributed by atoms with E-state index in [9.17, 15) is 4.79 Å². The number of aromatic nitrogens is 5. The van der Waals surface area contributed by atoms with E-state index in [2.05, 4.69) is 20.5 Å². The third-order valence-corrected chi connectivity index (χ3v) is 3.59. The van der Waals surface area contributed by atoms with Gasteiger partial charge < -0.3 is 0 Å². The number of hydrogen-bond donors (Lipinski definition) is 0. The Kier molecular flexibility index (Phi) is 3.65. The average molecular weight is 297 g/mol. The first kappa shape index (κ1) is 13.3. The quantitative estimate of drug-likeness (QED) is 0.691. The van der Waals surface area contributed by atoms with Crippen molar-refractivity contribution < 1.29 is 4.79 Å². The van der Waals surface area contributed by atoms with Gasteiger partial charge >= 0.3 is 0 Å². The molecular formula is C14H11N5OS. The third-order valence-electron chi connectivity index (χ3n) is 2.77. The molecule has 0 atom stereocenters. The van der Waals surface area contributed by atoms with Crippen molar-refractivity contribution in [2.24, 2.45) is 0 Å². The fourth-order valence-corrected chi connectivity index (χ4v) is 2.44. The summed E-state index contributed by atoms with van der Waals surface area (Å²) in [6.07, 6.45) is 4.38. The highest BCUT2D eigenvalue weighted by molar-refractivity contribution is 7.13. The topological polar surface area (TPSA) is 73.6 Å². The Morgan fingerprint density at radius 2 is 1.90 bits per heavy atom. The molecule has 0 aliphatic rings. The van der Waals surface area contributed by atoms with Gasteiger partial charge in [0.15, 0.2) is 12.0 Å². The van der Waals surface area contributed by atoms with Crippen LogP contribution in [0.15, 0.2) is 30.3 Å². The van der Waals surface area contributed by atoms with E-state index >= 15 is 0 Å². The maximum atomic E-state index is 11.1. The van der Waals surface area contributed by atoms with E-state index in [1.54, 1.807) is 6.08 Å². The third kappa shape index (κ3) is 2.77. The average Bonchev–Trinajstić information content (AvgIpc) is 3.11. The van der Waals surface area contributed by atoms with Gasteiger partial charge in [-0.05, 0) is 18.6 Å². The van der Waals surface area contributed by atoms with Crippen LogP contribution < -0.4 is 0 Å². The molecule has 2 heterocycles. The van der Waals surface area contributed by atoms with Crippen molar-refractivity contribution in [3.63, 3.8) is 0 Å². The maximum absolute atomic E-state index is 11.1. The van der Waals surface area contributed by atoms with Gasteiger partial charge in [-0.25, -0.2) is 0 Å². The molecule has 0 bridgehead atoms. The molecule has 104 valence electrons. The van der Waals surface area contributed by atoms with Gasteiger partial charge in [0.2, 0.25) is 5.13 Å². The molecule has 6 nitrogen and oxygen atoms in total. The van der Waals surface area contributed by atoms with Crippen LogP contribution in [0.2, 0.25) is 0 Å². The lowest BCUT2D eigenvalue weighted by Gasteiger charge is -1.97. The second-order valence-electron chi connectivity index (χ2n) is 4.24. The summed E-state index contributed by atoms with van der Waals surface area (Å²) >= 11 is 1.39. The molecule has 0 amide bonds. The first-order valence-electron chi connectivity index (χ1n) is 6.22. The number of aldehydes is 1. The van der Waals surface area contributed by atoms with Crippen LogP contribution in [0.4, 0.5) is 0 Å². The molecule has 2 aromatic heterocycles. The van der Waals surface area contributed by atoms with Gasteiger partial charge in [0.25, 0.3) is 0 Å². The second kappa shape index (κ2) is 5.76. The lowest BCUT2D eigenvalue weighted by Crippen LogP contribution is -1.99. The van der Waals surface area contributed by atoms with Crippen LogP contribution in [-0.2, 0) is 0 Å². The number of carbonyl (C=O) groups excluding carboxylic acids is 1. The van der Waals surface area contributed by atoms with E-state index in [1.807, 2.05) is 43.3 Å². The molecular weight excluding hydrogens is 286 g/mol. The minimum absolute atomic E-state index is 0.273. The number of nitrogens with zero attached hydrogens (tertiary/aromatic N) is 5. The first-order valence-corrected chi connectivity index (χ1v) is 7.04. The Morgan fingerprint density at radius 1 is 1.10 bits per heavy atom. The van der Waals surface area contributed by atoms with Gasteiger partial charge in [-0.1, -0.05) is 53.0 Å². The zero-order chi connectivity index (χ0) is 14.7. The Labute approximate surface area is 124 Å². The van der Waals surface area contributed by atoms with Crippen LogP contribution in [0.3, 0.4) is 0 Å². The lowest BCUT2D eigenvalue weighted by molar-refractivity contribution is 0.111. The van der Waals surface area contributed by atoms with Crippen molar-refractivity contribution in [2.45, 2.75) is 6.92 Å². The van der Waals surface area contributed by atoms with Crippen LogP contribution in [0.25, 0.3) is 17.3 Å². The van der Waals surface area contributed by atoms with Crippen LogP contribution >= 0.6 is 11.3 Å². The van der Waals surface area contributed by atoms with Gasteiger partial charge in [0.1, 0.15) is 10.7 Å². The Morgan fingerprint density at radius 3 is 2.57 bits per heavy atom. The molecule has 3 rings (SSSR count). The molecule has 0 fully saturated rings. The smallest absolute Gasteiger partial charge is 0.234 e. The van der Waals surface area contributed by atoms with E-state index in [0.717, 1.165) is 10.6 Å². The molecule has 0 radical (unpaired) electrons. The summed E-state index contributed by atoms with van der Waals surface area (Å²) in [6.45, 7) is 1.86. The predicted molar refractivity (Wildman–Crippen MR) is 80.3 cm³/mol. The number of rotatable bonds is 4. The zero-order valence-electron chi connectivity index (χ0n) is 11.2. The molecule has 0 unspecified atom stereocenters. The first-order chi connectivity index (χ1) is 10.3. The van der Waals surface area contributed by atoms with Gasteiger partial charge in [-0.2, -0.15) is 4.68 Å². The Bertz CT molecular complexity index is 791. The number of aryl methyl sites for hydroxylation is 1. The SMILES string of the molecule is Cc1nnc(-n2nnc(C=O)c2/C=C/c2ccccc2)s1. The van der Waals surface area contributed by atoms with E-state index in [1.165, 1.54) is 16.0 Å². The standard InChI is InChI=1S/C14H11N5OS/c1-10-15-17-14(21-10)19-13(12(9-20)16-18-19)8-7-11-5-3-2-4-6-11/h2-9H,1H3/b8-7+. The van der Waals surface area contributed by atoms with Gasteiger partial charge in [0.05, 0.1) is 0 Å². The van der Waals surface area contributed by atoms with Crippen molar-refractivity contribution in [2.75, 3.05) is 0 Å². The van der Waals surface area contributed by atoms with E-state index in [-0.39, 0.29) is 5.69 Å². The molecule has 0 aliphatic heterocycles. The van der Waals surface area contributed by atoms with Crippen molar-refractivity contribution in [3.8, 4) is 5.13 Å². The van der Waals surface area contributed by atoms with Gasteiger partial charge in [0, 0.05) is 0 Å². The van der Waals surface area contributed by atoms with E-state index in [0.29, 0.717) is 17.1 Å². The predicted octanol–water partition coefficient (Wildman–Crippen LogP) is 2.41. The summed E-state index contributed by atoms with van der Waals surface area (Å²) in [5.74, 6) is 0. The monoisotopic (exact) mass is 297 g/mol. The molecule has 7 heteroatoms. The van der Waals surface area contributed by atoms with E-state index < -0.39 is 0 Å². The number of carbonyl (C=O) groups is 1. The molecule has 0 N–H and O–H groups in total. The lowest BCUT2D eigenvalue weighted by atomic mass is 10.2. The molecule has 0 aliphatic carbocycles. The minimum atomic E-state index is 0.273. The molecule has 1 aromatic carbocycles. The van der Waals surface area contributed by atoms with Gasteiger partial charge in [-0.3, -0.25) is 4.79 Å². The van der Waals surface area contributed by atoms with Gasteiger partial charge in [-0.15, -0.1) is 15.3 Å². The minimum Gasteiger partial charge on any atom is -0.296 e. The van der Waals surface area contributed by atoms with Crippen LogP contribution in [0.5, 0.6) is 0 Å². The fourth-order valence-electron chi connectivity index (χ4n) is 1.79. The molecule has 0 saturated heterocycles. The molecule has 0 saturated carbocycles. The van der Waals surface area contributed by atoms with Crippen molar-refractivity contribution in [1.82, 2.24) is 25.2 Å². The van der Waals surface area contributed by atoms with Crippen LogP contribution in [-0.4, -0.2) is 31.5 Å². The Balaban J connectivity index is 2.02. The Hall–Kier alpha value is -2.67. The maximum Gasteiger partial charge on any atom is 0.234 e. The summed E-state index contributed by atoms with van der Waals surface area (Å²) in [6, 6.07) is 9.79. The second-order valence-corrected chi connectivity index (χ2v) is 5.40.